The second-order valence-corrected chi connectivity index (χ2v) is 5.34. The molecule has 0 saturated carbocycles. The van der Waals surface area contributed by atoms with Crippen molar-refractivity contribution in [1.29, 1.82) is 0 Å². The SMILES string of the molecule is CCOC(=O)/C=C/c1ccc(Oc2cc(OC)ccc2C)cc1C. The molecule has 0 aromatic heterocycles. The van der Waals surface area contributed by atoms with Crippen molar-refractivity contribution in [2.45, 2.75) is 20.8 Å². The Bertz CT molecular complexity index is 747. The Balaban J connectivity index is 2.16. The number of ether oxygens (including phenoxy) is 3. The highest BCUT2D eigenvalue weighted by Gasteiger charge is 2.05. The fourth-order valence-electron chi connectivity index (χ4n) is 2.19. The van der Waals surface area contributed by atoms with Crippen molar-refractivity contribution in [3.63, 3.8) is 0 Å². The molecule has 24 heavy (non-hydrogen) atoms. The van der Waals surface area contributed by atoms with Crippen LogP contribution in [0, 0.1) is 13.8 Å². The number of hydrogen-bond acceptors (Lipinski definition) is 4. The van der Waals surface area contributed by atoms with E-state index < -0.39 is 0 Å². The number of methoxy groups -OCH3 is 1. The van der Waals surface area contributed by atoms with E-state index in [1.165, 1.54) is 6.08 Å². The van der Waals surface area contributed by atoms with Gasteiger partial charge in [0.1, 0.15) is 17.2 Å². The van der Waals surface area contributed by atoms with E-state index in [0.717, 1.165) is 33.9 Å². The van der Waals surface area contributed by atoms with Gasteiger partial charge in [-0.1, -0.05) is 12.1 Å². The molecular weight excluding hydrogens is 304 g/mol. The van der Waals surface area contributed by atoms with Crippen LogP contribution in [0.25, 0.3) is 6.08 Å². The first-order valence-corrected chi connectivity index (χ1v) is 7.81. The molecule has 0 fully saturated rings. The zero-order chi connectivity index (χ0) is 17.5. The lowest BCUT2D eigenvalue weighted by Crippen LogP contribution is -1.98. The molecule has 0 aliphatic carbocycles. The third-order valence-electron chi connectivity index (χ3n) is 3.55. The van der Waals surface area contributed by atoms with Gasteiger partial charge in [-0.05, 0) is 61.7 Å². The highest BCUT2D eigenvalue weighted by atomic mass is 16.5. The molecular formula is C20H22O4. The summed E-state index contributed by atoms with van der Waals surface area (Å²) in [6, 6.07) is 11.4. The van der Waals surface area contributed by atoms with Gasteiger partial charge in [0.05, 0.1) is 13.7 Å². The summed E-state index contributed by atoms with van der Waals surface area (Å²) in [6.07, 6.45) is 3.17. The van der Waals surface area contributed by atoms with Crippen LogP contribution >= 0.6 is 0 Å². The number of rotatable bonds is 6. The number of carbonyl (C=O) groups excluding carboxylic acids is 1. The second kappa shape index (κ2) is 8.20. The molecule has 0 aliphatic rings. The monoisotopic (exact) mass is 326 g/mol. The van der Waals surface area contributed by atoms with Crippen LogP contribution in [-0.2, 0) is 9.53 Å². The Morgan fingerprint density at radius 2 is 1.79 bits per heavy atom. The van der Waals surface area contributed by atoms with Crippen LogP contribution in [0.15, 0.2) is 42.5 Å². The molecule has 0 radical (unpaired) electrons. The Morgan fingerprint density at radius 3 is 2.46 bits per heavy atom. The highest BCUT2D eigenvalue weighted by molar-refractivity contribution is 5.87. The predicted octanol–water partition coefficient (Wildman–Crippen LogP) is 4.68. The van der Waals surface area contributed by atoms with Gasteiger partial charge in [0.25, 0.3) is 0 Å². The van der Waals surface area contributed by atoms with Gasteiger partial charge in [-0.3, -0.25) is 0 Å². The maximum absolute atomic E-state index is 11.4. The summed E-state index contributed by atoms with van der Waals surface area (Å²) in [5.74, 6) is 1.89. The largest absolute Gasteiger partial charge is 0.497 e. The van der Waals surface area contributed by atoms with E-state index in [1.807, 2.05) is 50.2 Å². The normalized spacial score (nSPS) is 10.7. The first-order chi connectivity index (χ1) is 11.5. The molecule has 0 heterocycles. The van der Waals surface area contributed by atoms with Crippen molar-refractivity contribution in [2.24, 2.45) is 0 Å². The molecule has 0 N–H and O–H groups in total. The number of benzene rings is 2. The van der Waals surface area contributed by atoms with Crippen LogP contribution in [0.1, 0.15) is 23.6 Å². The molecule has 0 atom stereocenters. The minimum absolute atomic E-state index is 0.343. The van der Waals surface area contributed by atoms with Crippen LogP contribution in [0.3, 0.4) is 0 Å². The maximum atomic E-state index is 11.4. The van der Waals surface area contributed by atoms with Crippen molar-refractivity contribution in [1.82, 2.24) is 0 Å². The van der Waals surface area contributed by atoms with Crippen molar-refractivity contribution in [3.05, 3.63) is 59.2 Å². The summed E-state index contributed by atoms with van der Waals surface area (Å²) in [6.45, 7) is 6.10. The van der Waals surface area contributed by atoms with E-state index in [-0.39, 0.29) is 5.97 Å². The van der Waals surface area contributed by atoms with Gasteiger partial charge >= 0.3 is 5.97 Å². The first kappa shape index (κ1) is 17.6. The Kier molecular flexibility index (Phi) is 6.01. The molecule has 0 unspecified atom stereocenters. The van der Waals surface area contributed by atoms with E-state index in [9.17, 15) is 4.79 Å². The average Bonchev–Trinajstić information content (AvgIpc) is 2.56. The summed E-state index contributed by atoms with van der Waals surface area (Å²) in [7, 11) is 1.63. The quantitative estimate of drug-likeness (QED) is 0.571. The molecule has 0 spiro atoms. The maximum Gasteiger partial charge on any atom is 0.330 e. The van der Waals surface area contributed by atoms with Crippen molar-refractivity contribution in [2.75, 3.05) is 13.7 Å². The van der Waals surface area contributed by atoms with Gasteiger partial charge in [0, 0.05) is 12.1 Å². The minimum Gasteiger partial charge on any atom is -0.497 e. The molecule has 4 heteroatoms. The Labute approximate surface area is 142 Å². The van der Waals surface area contributed by atoms with Crippen molar-refractivity contribution < 1.29 is 19.0 Å². The molecule has 126 valence electrons. The van der Waals surface area contributed by atoms with E-state index in [1.54, 1.807) is 20.1 Å². The van der Waals surface area contributed by atoms with Crippen LogP contribution in [0.4, 0.5) is 0 Å². The van der Waals surface area contributed by atoms with Gasteiger partial charge < -0.3 is 14.2 Å². The molecule has 2 rings (SSSR count). The minimum atomic E-state index is -0.343. The molecule has 0 saturated heterocycles. The summed E-state index contributed by atoms with van der Waals surface area (Å²) in [4.78, 5) is 11.4. The Hall–Kier alpha value is -2.75. The van der Waals surface area contributed by atoms with E-state index >= 15 is 0 Å². The summed E-state index contributed by atoms with van der Waals surface area (Å²) in [5, 5.41) is 0. The second-order valence-electron chi connectivity index (χ2n) is 5.34. The van der Waals surface area contributed by atoms with Crippen LogP contribution in [0.2, 0.25) is 0 Å². The molecule has 4 nitrogen and oxygen atoms in total. The van der Waals surface area contributed by atoms with Crippen molar-refractivity contribution in [3.8, 4) is 17.2 Å². The van der Waals surface area contributed by atoms with Gasteiger partial charge in [-0.2, -0.15) is 0 Å². The lowest BCUT2D eigenvalue weighted by molar-refractivity contribution is -0.137. The number of esters is 1. The number of hydrogen-bond donors (Lipinski definition) is 0. The third kappa shape index (κ3) is 4.62. The van der Waals surface area contributed by atoms with Gasteiger partial charge in [0.15, 0.2) is 0 Å². The lowest BCUT2D eigenvalue weighted by atomic mass is 10.1. The first-order valence-electron chi connectivity index (χ1n) is 7.81. The topological polar surface area (TPSA) is 44.8 Å². The smallest absolute Gasteiger partial charge is 0.330 e. The number of carbonyl (C=O) groups is 1. The molecule has 0 bridgehead atoms. The molecule has 0 aliphatic heterocycles. The van der Waals surface area contributed by atoms with Gasteiger partial charge in [-0.15, -0.1) is 0 Å². The van der Waals surface area contributed by atoms with Crippen LogP contribution < -0.4 is 9.47 Å². The molecule has 2 aromatic rings. The molecule has 0 amide bonds. The lowest BCUT2D eigenvalue weighted by Gasteiger charge is -2.11. The third-order valence-corrected chi connectivity index (χ3v) is 3.55. The molecule has 2 aromatic carbocycles. The van der Waals surface area contributed by atoms with Gasteiger partial charge in [0.2, 0.25) is 0 Å². The Morgan fingerprint density at radius 1 is 1.04 bits per heavy atom. The summed E-state index contributed by atoms with van der Waals surface area (Å²) in [5.41, 5.74) is 2.98. The van der Waals surface area contributed by atoms with E-state index in [4.69, 9.17) is 14.2 Å². The summed E-state index contributed by atoms with van der Waals surface area (Å²) >= 11 is 0. The zero-order valence-corrected chi connectivity index (χ0v) is 14.5. The number of aryl methyl sites for hydroxylation is 2. The van der Waals surface area contributed by atoms with Gasteiger partial charge in [-0.25, -0.2) is 4.79 Å². The van der Waals surface area contributed by atoms with E-state index in [0.29, 0.717) is 6.61 Å². The fourth-order valence-corrected chi connectivity index (χ4v) is 2.19. The van der Waals surface area contributed by atoms with Crippen LogP contribution in [0.5, 0.6) is 17.2 Å². The zero-order valence-electron chi connectivity index (χ0n) is 14.5. The average molecular weight is 326 g/mol. The standard InChI is InChI=1S/C20H22O4/c1-5-23-20(21)11-8-16-7-10-18(12-15(16)3)24-19-13-17(22-4)9-6-14(19)2/h6-13H,5H2,1-4H3/b11-8+. The predicted molar refractivity (Wildman–Crippen MR) is 94.7 cm³/mol. The van der Waals surface area contributed by atoms with E-state index in [2.05, 4.69) is 0 Å². The highest BCUT2D eigenvalue weighted by Crippen LogP contribution is 2.30. The fraction of sp³-hybridized carbons (Fsp3) is 0.250. The summed E-state index contributed by atoms with van der Waals surface area (Å²) < 4.78 is 16.1. The van der Waals surface area contributed by atoms with Crippen molar-refractivity contribution >= 4 is 12.0 Å². The van der Waals surface area contributed by atoms with Crippen LogP contribution in [-0.4, -0.2) is 19.7 Å².